The number of rotatable bonds is 14. The van der Waals surface area contributed by atoms with Crippen LogP contribution in [-0.4, -0.2) is 182 Å². The van der Waals surface area contributed by atoms with Gasteiger partial charge in [0.05, 0.1) is 36.3 Å². The number of hydrogen-bond donors (Lipinski definition) is 2. The number of ether oxygens (including phenoxy) is 1. The van der Waals surface area contributed by atoms with Crippen molar-refractivity contribution in [1.29, 1.82) is 0 Å². The van der Waals surface area contributed by atoms with Gasteiger partial charge in [-0.2, -0.15) is 0 Å². The summed E-state index contributed by atoms with van der Waals surface area (Å²) in [6.45, 7) is 5.51. The fourth-order valence-electron chi connectivity index (χ4n) is 7.69. The first-order valence-corrected chi connectivity index (χ1v) is 19.0. The number of aldehydes is 1. The molecule has 308 valence electrons. The van der Waals surface area contributed by atoms with Crippen LogP contribution in [-0.2, 0) is 30.5 Å². The van der Waals surface area contributed by atoms with Gasteiger partial charge >= 0.3 is 5.97 Å². The number of nitrogens with one attached hydrogen (secondary N) is 1. The zero-order chi connectivity index (χ0) is 40.5. The van der Waals surface area contributed by atoms with E-state index in [2.05, 4.69) is 10.2 Å². The number of nitrogens with zero attached hydrogens (tertiary/aromatic N) is 7. The number of carboxylic acids is 3. The third kappa shape index (κ3) is 10.6. The molecular formula is C37H51FN8O10-2. The molecule has 2 N–H and O–H groups in total. The summed E-state index contributed by atoms with van der Waals surface area (Å²) in [5.74, 6) is -5.02. The van der Waals surface area contributed by atoms with Crippen LogP contribution >= 0.6 is 0 Å². The number of benzene rings is 1. The molecule has 5 rings (SSSR count). The Morgan fingerprint density at radius 2 is 1.54 bits per heavy atom. The zero-order valence-corrected chi connectivity index (χ0v) is 32.0. The van der Waals surface area contributed by atoms with Crippen LogP contribution < -0.4 is 25.9 Å². The molecular weight excluding hydrogens is 735 g/mol. The highest BCUT2D eigenvalue weighted by Gasteiger charge is 2.31. The minimum atomic E-state index is -1.34. The Hall–Kier alpha value is -4.53. The maximum atomic E-state index is 15.8. The molecule has 0 radical (unpaired) electrons. The van der Waals surface area contributed by atoms with Crippen LogP contribution in [0.15, 0.2) is 17.1 Å². The number of carbonyl (C=O) groups excluding carboxylic acids is 4. The zero-order valence-electron chi connectivity index (χ0n) is 32.0. The summed E-state index contributed by atoms with van der Waals surface area (Å²) in [5, 5.41) is 36.0. The third-order valence-electron chi connectivity index (χ3n) is 10.8. The minimum absolute atomic E-state index is 0.0181. The molecule has 56 heavy (non-hydrogen) atoms. The van der Waals surface area contributed by atoms with Crippen LogP contribution in [0.5, 0.6) is 0 Å². The second kappa shape index (κ2) is 19.6. The number of carboxylic acid groups (broad SMARTS) is 3. The fraction of sp³-hybridized carbons (Fsp3) is 0.622. The normalized spacial score (nSPS) is 20.6. The van der Waals surface area contributed by atoms with Crippen LogP contribution in [0.2, 0.25) is 0 Å². The number of halogens is 1. The molecule has 2 atom stereocenters. The largest absolute Gasteiger partial charge is 0.549 e. The molecule has 1 aromatic heterocycles. The van der Waals surface area contributed by atoms with E-state index in [-0.39, 0.29) is 95.8 Å². The first-order valence-electron chi connectivity index (χ1n) is 19.0. The Bertz CT molecular complexity index is 1820. The second-order valence-corrected chi connectivity index (χ2v) is 14.6. The van der Waals surface area contributed by atoms with Gasteiger partial charge in [0.2, 0.25) is 5.43 Å². The maximum Gasteiger partial charge on any atom is 0.320 e. The lowest BCUT2D eigenvalue weighted by atomic mass is 10.0. The number of amides is 1. The molecule has 3 aliphatic heterocycles. The first-order chi connectivity index (χ1) is 26.8. The molecule has 2 aromatic rings. The van der Waals surface area contributed by atoms with E-state index >= 15 is 4.39 Å². The summed E-state index contributed by atoms with van der Waals surface area (Å²) < 4.78 is 23.4. The highest BCUT2D eigenvalue weighted by molar-refractivity contribution is 5.99. The lowest BCUT2D eigenvalue weighted by molar-refractivity contribution is -0.308. The number of likely N-dealkylation sites (N-methyl/N-ethyl adjacent to an activating group) is 1. The van der Waals surface area contributed by atoms with Gasteiger partial charge in [0.25, 0.3) is 5.91 Å². The molecule has 2 unspecified atom stereocenters. The number of aliphatic carboxylic acids is 3. The van der Waals surface area contributed by atoms with Gasteiger partial charge in [0.1, 0.15) is 29.9 Å². The minimum Gasteiger partial charge on any atom is -0.549 e. The number of hydrogen-bond acceptors (Lipinski definition) is 15. The van der Waals surface area contributed by atoms with E-state index in [1.807, 2.05) is 11.9 Å². The van der Waals surface area contributed by atoms with Crippen molar-refractivity contribution in [2.75, 3.05) is 117 Å². The highest BCUT2D eigenvalue weighted by Crippen LogP contribution is 2.37. The number of anilines is 1. The van der Waals surface area contributed by atoms with Crippen LogP contribution in [0.1, 0.15) is 41.9 Å². The van der Waals surface area contributed by atoms with Crippen molar-refractivity contribution in [1.82, 2.24) is 34.4 Å². The average molecular weight is 787 g/mol. The predicted molar refractivity (Wildman–Crippen MR) is 197 cm³/mol. The number of carbonyl (C=O) groups is 5. The van der Waals surface area contributed by atoms with Gasteiger partial charge in [-0.05, 0) is 32.9 Å². The maximum absolute atomic E-state index is 15.8. The van der Waals surface area contributed by atoms with Crippen molar-refractivity contribution in [2.45, 2.75) is 38.6 Å². The number of piperazine rings is 1. The van der Waals surface area contributed by atoms with Crippen molar-refractivity contribution < 1.29 is 48.4 Å². The molecule has 4 heterocycles. The molecule has 0 spiro atoms. The Labute approximate surface area is 323 Å². The Morgan fingerprint density at radius 3 is 2.12 bits per heavy atom. The van der Waals surface area contributed by atoms with Gasteiger partial charge in [0, 0.05) is 115 Å². The van der Waals surface area contributed by atoms with E-state index in [4.69, 9.17) is 4.74 Å². The average Bonchev–Trinajstić information content (AvgIpc) is 3.14. The smallest absolute Gasteiger partial charge is 0.320 e. The number of aromatic nitrogens is 1. The van der Waals surface area contributed by atoms with Crippen LogP contribution in [0, 0.1) is 5.82 Å². The van der Waals surface area contributed by atoms with E-state index < -0.39 is 53.9 Å². The lowest BCUT2D eigenvalue weighted by Crippen LogP contribution is -2.52. The highest BCUT2D eigenvalue weighted by atomic mass is 19.1. The van der Waals surface area contributed by atoms with Crippen molar-refractivity contribution >= 4 is 46.7 Å². The van der Waals surface area contributed by atoms with E-state index in [1.165, 1.54) is 12.3 Å². The Kier molecular flexibility index (Phi) is 14.9. The van der Waals surface area contributed by atoms with Crippen molar-refractivity contribution in [3.05, 3.63) is 39.4 Å². The van der Waals surface area contributed by atoms with Gasteiger partial charge in [-0.1, -0.05) is 0 Å². The molecule has 0 saturated carbocycles. The summed E-state index contributed by atoms with van der Waals surface area (Å²) >= 11 is 0. The van der Waals surface area contributed by atoms with Crippen molar-refractivity contribution in [3.8, 4) is 0 Å². The van der Waals surface area contributed by atoms with Gasteiger partial charge in [-0.3, -0.25) is 34.0 Å². The topological polar surface area (TPSA) is 214 Å². The summed E-state index contributed by atoms with van der Waals surface area (Å²) in [6.07, 6.45) is 1.89. The van der Waals surface area contributed by atoms with Crippen molar-refractivity contribution in [3.63, 3.8) is 0 Å². The van der Waals surface area contributed by atoms with Crippen LogP contribution in [0.4, 0.5) is 10.1 Å². The van der Waals surface area contributed by atoms with Gasteiger partial charge in [-0.15, -0.1) is 0 Å². The first kappa shape index (κ1) is 42.6. The Balaban J connectivity index is 1.29. The molecule has 19 heteroatoms. The molecule has 0 aliphatic carbocycles. The van der Waals surface area contributed by atoms with Crippen LogP contribution in [0.25, 0.3) is 10.9 Å². The predicted octanol–water partition coefficient (Wildman–Crippen LogP) is -3.18. The molecule has 2 fully saturated rings. The SMILES string of the molecule is CC1OCc2c(N3CCN(C)CC3)c(F)cc3c(=O)c(C(=O)NCCCC(C(=O)O)N4CCN(CC=O)CCN(CC(=O)[O-])CCN(CC(=O)[O-])CC4)cn1c23. The third-order valence-corrected chi connectivity index (χ3v) is 10.8. The Morgan fingerprint density at radius 1 is 0.946 bits per heavy atom. The van der Waals surface area contributed by atoms with E-state index in [9.17, 15) is 44.1 Å². The molecule has 3 aliphatic rings. The standard InChI is InChI=1S/C37H53FN8O10/c1-25-46-21-27(35(52)26-20-29(38)34(28(24-56-25)33(26)46)45-14-6-40(2)7-15-45)36(53)39-5-3-4-30(37(54)55)44-16-12-41(18-19-47)8-9-42(22-31(48)49)10-11-43(13-17-44)23-32(50)51/h19-21,25,30H,3-18,22-24H2,1-2H3,(H,39,53)(H,48,49)(H,50,51)(H,54,55)/p-2. The summed E-state index contributed by atoms with van der Waals surface area (Å²) in [5.41, 5.74) is 0.654. The van der Waals surface area contributed by atoms with Gasteiger partial charge in [-0.25, -0.2) is 4.39 Å². The van der Waals surface area contributed by atoms with Gasteiger partial charge in [0.15, 0.2) is 0 Å². The van der Waals surface area contributed by atoms with E-state index in [0.717, 1.165) is 13.1 Å². The molecule has 1 amide bonds. The second-order valence-electron chi connectivity index (χ2n) is 14.6. The molecule has 2 saturated heterocycles. The molecule has 0 bridgehead atoms. The van der Waals surface area contributed by atoms with Crippen LogP contribution in [0.3, 0.4) is 0 Å². The van der Waals surface area contributed by atoms with Crippen molar-refractivity contribution in [2.24, 2.45) is 0 Å². The van der Waals surface area contributed by atoms with Gasteiger partial charge < -0.3 is 54.1 Å². The summed E-state index contributed by atoms with van der Waals surface area (Å²) in [7, 11) is 2.00. The quantitative estimate of drug-likeness (QED) is 0.143. The van der Waals surface area contributed by atoms with E-state index in [0.29, 0.717) is 42.7 Å². The monoisotopic (exact) mass is 786 g/mol. The molecule has 18 nitrogen and oxygen atoms in total. The summed E-state index contributed by atoms with van der Waals surface area (Å²) in [4.78, 5) is 84.9. The molecule has 1 aromatic carbocycles. The summed E-state index contributed by atoms with van der Waals surface area (Å²) in [6, 6.07) is 0.153. The fourth-order valence-corrected chi connectivity index (χ4v) is 7.69. The van der Waals surface area contributed by atoms with E-state index in [1.54, 1.807) is 31.1 Å². The number of pyridine rings is 1. The lowest BCUT2D eigenvalue weighted by Gasteiger charge is -2.37.